The number of hydrogen-bond acceptors (Lipinski definition) is 4. The van der Waals surface area contributed by atoms with Gasteiger partial charge >= 0.3 is 6.03 Å². The second-order valence-electron chi connectivity index (χ2n) is 4.52. The monoisotopic (exact) mass is 290 g/mol. The SMILES string of the molecule is CC(=O)Nc1ccc(NC(=O)CN2CC(=O)NC2=O)cc1. The summed E-state index contributed by atoms with van der Waals surface area (Å²) >= 11 is 0. The average molecular weight is 290 g/mol. The smallest absolute Gasteiger partial charge is 0.325 e. The van der Waals surface area contributed by atoms with Gasteiger partial charge in [0.25, 0.3) is 0 Å². The Balaban J connectivity index is 1.89. The molecule has 1 aliphatic heterocycles. The van der Waals surface area contributed by atoms with Crippen LogP contribution in [-0.2, 0) is 14.4 Å². The molecule has 1 saturated heterocycles. The number of imide groups is 1. The van der Waals surface area contributed by atoms with Crippen LogP contribution in [0.2, 0.25) is 0 Å². The van der Waals surface area contributed by atoms with Gasteiger partial charge in [0.1, 0.15) is 13.1 Å². The number of anilines is 2. The summed E-state index contributed by atoms with van der Waals surface area (Å²) in [6, 6.07) is 5.96. The molecule has 0 unspecified atom stereocenters. The molecule has 0 bridgehead atoms. The fourth-order valence-corrected chi connectivity index (χ4v) is 1.82. The first-order valence-electron chi connectivity index (χ1n) is 6.20. The Labute approximate surface area is 120 Å². The van der Waals surface area contributed by atoms with E-state index in [0.717, 1.165) is 4.90 Å². The number of benzene rings is 1. The zero-order chi connectivity index (χ0) is 15.4. The maximum absolute atomic E-state index is 11.8. The first-order chi connectivity index (χ1) is 9.94. The Kier molecular flexibility index (Phi) is 4.17. The first kappa shape index (κ1) is 14.5. The van der Waals surface area contributed by atoms with Crippen molar-refractivity contribution in [2.75, 3.05) is 23.7 Å². The molecule has 110 valence electrons. The number of carbonyl (C=O) groups excluding carboxylic acids is 4. The highest BCUT2D eigenvalue weighted by Gasteiger charge is 2.28. The van der Waals surface area contributed by atoms with Crippen molar-refractivity contribution in [3.8, 4) is 0 Å². The van der Waals surface area contributed by atoms with Crippen LogP contribution in [0.1, 0.15) is 6.92 Å². The van der Waals surface area contributed by atoms with Crippen LogP contribution in [0.4, 0.5) is 16.2 Å². The molecule has 0 radical (unpaired) electrons. The van der Waals surface area contributed by atoms with Gasteiger partial charge in [-0.05, 0) is 24.3 Å². The van der Waals surface area contributed by atoms with Crippen molar-refractivity contribution in [2.24, 2.45) is 0 Å². The van der Waals surface area contributed by atoms with Gasteiger partial charge in [-0.1, -0.05) is 0 Å². The van der Waals surface area contributed by atoms with Gasteiger partial charge in [-0.15, -0.1) is 0 Å². The number of nitrogens with one attached hydrogen (secondary N) is 3. The first-order valence-corrected chi connectivity index (χ1v) is 6.20. The van der Waals surface area contributed by atoms with Gasteiger partial charge in [0.15, 0.2) is 0 Å². The Bertz CT molecular complexity index is 597. The Morgan fingerprint density at radius 2 is 1.71 bits per heavy atom. The Morgan fingerprint density at radius 1 is 1.14 bits per heavy atom. The van der Waals surface area contributed by atoms with E-state index in [-0.39, 0.29) is 19.0 Å². The summed E-state index contributed by atoms with van der Waals surface area (Å²) in [6.45, 7) is 1.08. The van der Waals surface area contributed by atoms with E-state index in [1.54, 1.807) is 24.3 Å². The fraction of sp³-hybridized carbons (Fsp3) is 0.231. The van der Waals surface area contributed by atoms with Crippen molar-refractivity contribution in [3.63, 3.8) is 0 Å². The zero-order valence-electron chi connectivity index (χ0n) is 11.3. The van der Waals surface area contributed by atoms with Crippen LogP contribution in [0.25, 0.3) is 0 Å². The van der Waals surface area contributed by atoms with Crippen LogP contribution in [0, 0.1) is 0 Å². The molecule has 3 N–H and O–H groups in total. The summed E-state index contributed by atoms with van der Waals surface area (Å²) in [4.78, 5) is 46.0. The Morgan fingerprint density at radius 3 is 2.19 bits per heavy atom. The normalized spacial score (nSPS) is 13.9. The van der Waals surface area contributed by atoms with Crippen LogP contribution >= 0.6 is 0 Å². The number of carbonyl (C=O) groups is 4. The van der Waals surface area contributed by atoms with E-state index in [2.05, 4.69) is 16.0 Å². The zero-order valence-corrected chi connectivity index (χ0v) is 11.3. The molecule has 1 aromatic carbocycles. The highest BCUT2D eigenvalue weighted by molar-refractivity contribution is 6.04. The third-order valence-corrected chi connectivity index (χ3v) is 2.69. The lowest BCUT2D eigenvalue weighted by Crippen LogP contribution is -2.35. The van der Waals surface area contributed by atoms with Crippen LogP contribution in [-0.4, -0.2) is 41.7 Å². The summed E-state index contributed by atoms with van der Waals surface area (Å²) in [5.41, 5.74) is 1.14. The minimum Gasteiger partial charge on any atom is -0.326 e. The van der Waals surface area contributed by atoms with Crippen LogP contribution in [0.5, 0.6) is 0 Å². The molecule has 0 saturated carbocycles. The largest absolute Gasteiger partial charge is 0.326 e. The highest BCUT2D eigenvalue weighted by atomic mass is 16.2. The summed E-state index contributed by atoms with van der Waals surface area (Å²) in [5.74, 6) is -1.02. The second-order valence-corrected chi connectivity index (χ2v) is 4.52. The lowest BCUT2D eigenvalue weighted by molar-refractivity contribution is -0.119. The number of urea groups is 1. The van der Waals surface area contributed by atoms with Crippen molar-refractivity contribution < 1.29 is 19.2 Å². The van der Waals surface area contributed by atoms with E-state index < -0.39 is 17.8 Å². The van der Waals surface area contributed by atoms with Gasteiger partial charge in [-0.2, -0.15) is 0 Å². The van der Waals surface area contributed by atoms with Crippen molar-refractivity contribution in [3.05, 3.63) is 24.3 Å². The molecule has 21 heavy (non-hydrogen) atoms. The van der Waals surface area contributed by atoms with Gasteiger partial charge in [0.2, 0.25) is 17.7 Å². The highest BCUT2D eigenvalue weighted by Crippen LogP contribution is 2.13. The lowest BCUT2D eigenvalue weighted by atomic mass is 10.2. The van der Waals surface area contributed by atoms with E-state index in [4.69, 9.17) is 0 Å². The third kappa shape index (κ3) is 4.03. The van der Waals surface area contributed by atoms with Crippen LogP contribution in [0.3, 0.4) is 0 Å². The van der Waals surface area contributed by atoms with Crippen molar-refractivity contribution in [1.82, 2.24) is 10.2 Å². The predicted molar refractivity (Wildman–Crippen MR) is 74.5 cm³/mol. The second kappa shape index (κ2) is 6.04. The fourth-order valence-electron chi connectivity index (χ4n) is 1.82. The molecule has 2 rings (SSSR count). The molecular weight excluding hydrogens is 276 g/mol. The van der Waals surface area contributed by atoms with Gasteiger partial charge in [0.05, 0.1) is 0 Å². The van der Waals surface area contributed by atoms with Gasteiger partial charge in [-0.25, -0.2) is 4.79 Å². The molecule has 1 aromatic rings. The molecule has 0 aromatic heterocycles. The van der Waals surface area contributed by atoms with Gasteiger partial charge in [-0.3, -0.25) is 19.7 Å². The minimum absolute atomic E-state index is 0.117. The molecule has 1 aliphatic rings. The number of rotatable bonds is 4. The number of amides is 5. The number of nitrogens with zero attached hydrogens (tertiary/aromatic N) is 1. The number of hydrogen-bond donors (Lipinski definition) is 3. The molecule has 0 atom stereocenters. The van der Waals surface area contributed by atoms with E-state index in [1.807, 2.05) is 0 Å². The molecule has 0 spiro atoms. The molecular formula is C13H14N4O4. The van der Waals surface area contributed by atoms with E-state index in [9.17, 15) is 19.2 Å². The van der Waals surface area contributed by atoms with Gasteiger partial charge < -0.3 is 15.5 Å². The standard InChI is InChI=1S/C13H14N4O4/c1-8(18)14-9-2-4-10(5-3-9)15-11(19)6-17-7-12(20)16-13(17)21/h2-5H,6-7H2,1H3,(H,14,18)(H,15,19)(H,16,20,21). The lowest BCUT2D eigenvalue weighted by Gasteiger charge is -2.13. The quantitative estimate of drug-likeness (QED) is 0.685. The summed E-state index contributed by atoms with van der Waals surface area (Å²) in [7, 11) is 0. The van der Waals surface area contributed by atoms with Crippen molar-refractivity contribution >= 4 is 35.1 Å². The predicted octanol–water partition coefficient (Wildman–Crippen LogP) is 0.135. The summed E-state index contributed by atoms with van der Waals surface area (Å²) in [6.07, 6.45) is 0. The summed E-state index contributed by atoms with van der Waals surface area (Å²) < 4.78 is 0. The van der Waals surface area contributed by atoms with E-state index in [1.165, 1.54) is 6.92 Å². The molecule has 1 fully saturated rings. The van der Waals surface area contributed by atoms with Crippen molar-refractivity contribution in [1.29, 1.82) is 0 Å². The molecule has 5 amide bonds. The van der Waals surface area contributed by atoms with E-state index in [0.29, 0.717) is 11.4 Å². The topological polar surface area (TPSA) is 108 Å². The minimum atomic E-state index is -0.573. The molecule has 0 aliphatic carbocycles. The van der Waals surface area contributed by atoms with Crippen LogP contribution in [0.15, 0.2) is 24.3 Å². The van der Waals surface area contributed by atoms with E-state index >= 15 is 0 Å². The van der Waals surface area contributed by atoms with Crippen LogP contribution < -0.4 is 16.0 Å². The van der Waals surface area contributed by atoms with Gasteiger partial charge in [0, 0.05) is 18.3 Å². The molecule has 8 heteroatoms. The average Bonchev–Trinajstić information content (AvgIpc) is 2.69. The maximum Gasteiger partial charge on any atom is 0.325 e. The van der Waals surface area contributed by atoms with Crippen molar-refractivity contribution in [2.45, 2.75) is 6.92 Å². The summed E-state index contributed by atoms with van der Waals surface area (Å²) in [5, 5.41) is 7.29. The Hall–Kier alpha value is -2.90. The maximum atomic E-state index is 11.8. The third-order valence-electron chi connectivity index (χ3n) is 2.69. The molecule has 1 heterocycles. The molecule has 8 nitrogen and oxygen atoms in total.